The predicted molar refractivity (Wildman–Crippen MR) is 137 cm³/mol. The Bertz CT molecular complexity index is 1030. The molecule has 0 spiro atoms. The smallest absolute Gasteiger partial charge is 0.410 e. The molecule has 2 heterocycles. The maximum atomic E-state index is 13.3. The first-order chi connectivity index (χ1) is 18.0. The number of ketones is 1. The van der Waals surface area contributed by atoms with E-state index in [0.29, 0.717) is 39.1 Å². The second kappa shape index (κ2) is 13.3. The molecule has 0 unspecified atom stereocenters. The molecule has 9 heteroatoms. The molecule has 2 amide bonds. The van der Waals surface area contributed by atoms with E-state index >= 15 is 0 Å². The van der Waals surface area contributed by atoms with Crippen molar-refractivity contribution >= 4 is 17.8 Å². The summed E-state index contributed by atoms with van der Waals surface area (Å²) in [4.78, 5) is 42.7. The molecule has 9 nitrogen and oxygen atoms in total. The third-order valence-corrected chi connectivity index (χ3v) is 6.77. The van der Waals surface area contributed by atoms with E-state index in [4.69, 9.17) is 9.47 Å². The number of rotatable bonds is 10. The molecule has 4 rings (SSSR count). The van der Waals surface area contributed by atoms with Gasteiger partial charge >= 0.3 is 6.09 Å². The lowest BCUT2D eigenvalue weighted by Crippen LogP contribution is -2.53. The van der Waals surface area contributed by atoms with Gasteiger partial charge in [-0.25, -0.2) is 4.79 Å². The van der Waals surface area contributed by atoms with Crippen LogP contribution < -0.4 is 5.32 Å². The molecule has 0 aliphatic carbocycles. The van der Waals surface area contributed by atoms with Gasteiger partial charge < -0.3 is 19.9 Å². The summed E-state index contributed by atoms with van der Waals surface area (Å²) in [5.41, 5.74) is 1.90. The Hall–Kier alpha value is -3.27. The van der Waals surface area contributed by atoms with Crippen molar-refractivity contribution in [2.75, 3.05) is 39.4 Å². The first-order valence-corrected chi connectivity index (χ1v) is 12.8. The molecule has 198 valence electrons. The summed E-state index contributed by atoms with van der Waals surface area (Å²) in [6.07, 6.45) is -0.355. The van der Waals surface area contributed by atoms with Gasteiger partial charge in [0.2, 0.25) is 5.91 Å². The number of aryl methyl sites for hydroxylation is 1. The third kappa shape index (κ3) is 7.85. The maximum absolute atomic E-state index is 13.3. The average molecular weight is 510 g/mol. The van der Waals surface area contributed by atoms with E-state index in [1.165, 1.54) is 4.90 Å². The van der Waals surface area contributed by atoms with Gasteiger partial charge in [0.05, 0.1) is 38.4 Å². The molecular weight excluding hydrogens is 474 g/mol. The van der Waals surface area contributed by atoms with Crippen LogP contribution in [0.1, 0.15) is 24.0 Å². The van der Waals surface area contributed by atoms with Crippen LogP contribution in [0.3, 0.4) is 0 Å². The number of carbonyl (C=O) groups is 3. The van der Waals surface area contributed by atoms with Gasteiger partial charge in [0.25, 0.3) is 0 Å². The monoisotopic (exact) mass is 509 g/mol. The largest absolute Gasteiger partial charge is 0.445 e. The summed E-state index contributed by atoms with van der Waals surface area (Å²) in [5, 5.41) is 13.1. The van der Waals surface area contributed by atoms with E-state index in [1.807, 2.05) is 65.6 Å². The molecule has 2 N–H and O–H groups in total. The van der Waals surface area contributed by atoms with E-state index in [9.17, 15) is 19.5 Å². The van der Waals surface area contributed by atoms with Crippen molar-refractivity contribution in [3.63, 3.8) is 0 Å². The fourth-order valence-corrected chi connectivity index (χ4v) is 4.69. The Balaban J connectivity index is 1.40. The number of morpholine rings is 1. The van der Waals surface area contributed by atoms with E-state index in [1.54, 1.807) is 0 Å². The first kappa shape index (κ1) is 26.8. The Morgan fingerprint density at radius 1 is 1.00 bits per heavy atom. The number of β-amino-alcohol motifs (C(OH)–C–C–N with tert-alkyl or cyclic N) is 1. The molecular formula is C28H35N3O6. The normalized spacial score (nSPS) is 20.8. The fraction of sp³-hybridized carbons (Fsp3) is 0.464. The van der Waals surface area contributed by atoms with Gasteiger partial charge in [0.15, 0.2) is 5.78 Å². The van der Waals surface area contributed by atoms with Gasteiger partial charge in [-0.05, 0) is 24.0 Å². The predicted octanol–water partition coefficient (Wildman–Crippen LogP) is 1.78. The number of Topliss-reactive ketones (excluding diaryl/α,β-unsaturated/α-hetero) is 1. The molecule has 0 radical (unpaired) electrons. The van der Waals surface area contributed by atoms with Crippen molar-refractivity contribution in [1.82, 2.24) is 15.1 Å². The van der Waals surface area contributed by atoms with Crippen molar-refractivity contribution in [2.24, 2.45) is 0 Å². The van der Waals surface area contributed by atoms with E-state index in [0.717, 1.165) is 11.1 Å². The molecule has 2 aromatic carbocycles. The highest BCUT2D eigenvalue weighted by Crippen LogP contribution is 2.20. The summed E-state index contributed by atoms with van der Waals surface area (Å²) in [7, 11) is 0. The standard InChI is InChI=1S/C28H35N3O6/c32-23-17-25(31(18-23)28(35)37-20-22-9-5-2-6-10-22)27(34)29-24(12-11-21-7-3-1-4-8-21)26(33)19-30-13-15-36-16-14-30/h1-10,23-25,32H,11-20H2,(H,29,34)/t23-,24+,25+/m1/s1. The SMILES string of the molecule is O=C(CN1CCOCC1)[C@H](CCc1ccccc1)NC(=O)[C@@H]1C[C@@H](O)CN1C(=O)OCc1ccccc1. The highest BCUT2D eigenvalue weighted by atomic mass is 16.6. The van der Waals surface area contributed by atoms with Crippen LogP contribution in [0.25, 0.3) is 0 Å². The molecule has 2 fully saturated rings. The second-order valence-corrected chi connectivity index (χ2v) is 9.54. The van der Waals surface area contributed by atoms with Gasteiger partial charge in [-0.1, -0.05) is 60.7 Å². The Kier molecular flexibility index (Phi) is 9.65. The molecule has 2 aliphatic rings. The van der Waals surface area contributed by atoms with Crippen LogP contribution >= 0.6 is 0 Å². The zero-order valence-electron chi connectivity index (χ0n) is 21.0. The summed E-state index contributed by atoms with van der Waals surface area (Å²) < 4.78 is 10.8. The van der Waals surface area contributed by atoms with E-state index in [2.05, 4.69) is 5.32 Å². The Morgan fingerprint density at radius 3 is 2.32 bits per heavy atom. The Labute approximate surface area is 217 Å². The van der Waals surface area contributed by atoms with Crippen molar-refractivity contribution in [3.05, 3.63) is 71.8 Å². The summed E-state index contributed by atoms with van der Waals surface area (Å²) >= 11 is 0. The van der Waals surface area contributed by atoms with Crippen molar-refractivity contribution in [1.29, 1.82) is 0 Å². The quantitative estimate of drug-likeness (QED) is 0.503. The Morgan fingerprint density at radius 2 is 1.65 bits per heavy atom. The minimum atomic E-state index is -0.909. The van der Waals surface area contributed by atoms with Crippen molar-refractivity contribution in [2.45, 2.75) is 44.1 Å². The molecule has 0 aromatic heterocycles. The zero-order chi connectivity index (χ0) is 26.0. The lowest BCUT2D eigenvalue weighted by molar-refractivity contribution is -0.131. The molecule has 2 saturated heterocycles. The number of ether oxygens (including phenoxy) is 2. The van der Waals surface area contributed by atoms with Gasteiger partial charge in [0, 0.05) is 19.5 Å². The number of aliphatic hydroxyl groups is 1. The van der Waals surface area contributed by atoms with Crippen LogP contribution in [0.2, 0.25) is 0 Å². The van der Waals surface area contributed by atoms with Crippen LogP contribution in [0.15, 0.2) is 60.7 Å². The van der Waals surface area contributed by atoms with Crippen LogP contribution in [0.5, 0.6) is 0 Å². The van der Waals surface area contributed by atoms with Crippen LogP contribution in [-0.2, 0) is 32.1 Å². The molecule has 0 saturated carbocycles. The van der Waals surface area contributed by atoms with Crippen LogP contribution in [-0.4, -0.2) is 90.3 Å². The maximum Gasteiger partial charge on any atom is 0.410 e. The van der Waals surface area contributed by atoms with Crippen molar-refractivity contribution < 1.29 is 29.0 Å². The number of nitrogens with zero attached hydrogens (tertiary/aromatic N) is 2. The zero-order valence-corrected chi connectivity index (χ0v) is 21.0. The number of hydrogen-bond donors (Lipinski definition) is 2. The summed E-state index contributed by atoms with van der Waals surface area (Å²) in [5.74, 6) is -0.537. The number of hydrogen-bond acceptors (Lipinski definition) is 7. The van der Waals surface area contributed by atoms with Gasteiger partial charge in [-0.15, -0.1) is 0 Å². The van der Waals surface area contributed by atoms with Crippen LogP contribution in [0, 0.1) is 0 Å². The van der Waals surface area contributed by atoms with E-state index < -0.39 is 30.2 Å². The molecule has 0 bridgehead atoms. The van der Waals surface area contributed by atoms with E-state index in [-0.39, 0.29) is 31.9 Å². The lowest BCUT2D eigenvalue weighted by Gasteiger charge is -2.29. The van der Waals surface area contributed by atoms with Gasteiger partial charge in [0.1, 0.15) is 12.6 Å². The number of benzene rings is 2. The minimum Gasteiger partial charge on any atom is -0.445 e. The minimum absolute atomic E-state index is 0.00210. The molecule has 3 atom stereocenters. The fourth-order valence-electron chi connectivity index (χ4n) is 4.69. The highest BCUT2D eigenvalue weighted by molar-refractivity contribution is 5.93. The number of nitrogens with one attached hydrogen (secondary N) is 1. The summed E-state index contributed by atoms with van der Waals surface area (Å²) in [6.45, 7) is 2.78. The topological polar surface area (TPSA) is 108 Å². The molecule has 2 aromatic rings. The third-order valence-electron chi connectivity index (χ3n) is 6.77. The second-order valence-electron chi connectivity index (χ2n) is 9.54. The first-order valence-electron chi connectivity index (χ1n) is 12.8. The number of likely N-dealkylation sites (tertiary alicyclic amines) is 1. The lowest BCUT2D eigenvalue weighted by atomic mass is 10.0. The number of amides is 2. The van der Waals surface area contributed by atoms with Crippen LogP contribution in [0.4, 0.5) is 4.79 Å². The highest BCUT2D eigenvalue weighted by Gasteiger charge is 2.41. The van der Waals surface area contributed by atoms with Crippen molar-refractivity contribution in [3.8, 4) is 0 Å². The number of carbonyl (C=O) groups excluding carboxylic acids is 3. The average Bonchev–Trinajstić information content (AvgIpc) is 3.33. The summed E-state index contributed by atoms with van der Waals surface area (Å²) in [6, 6.07) is 17.4. The molecule has 37 heavy (non-hydrogen) atoms. The van der Waals surface area contributed by atoms with Gasteiger partial charge in [-0.2, -0.15) is 0 Å². The van der Waals surface area contributed by atoms with Gasteiger partial charge in [-0.3, -0.25) is 19.4 Å². The molecule has 2 aliphatic heterocycles. The number of aliphatic hydroxyl groups excluding tert-OH is 1.